The van der Waals surface area contributed by atoms with Crippen molar-refractivity contribution in [2.24, 2.45) is 0 Å². The van der Waals surface area contributed by atoms with Crippen molar-refractivity contribution in [3.8, 4) is 0 Å². The molecule has 2 atom stereocenters. The fourth-order valence-corrected chi connectivity index (χ4v) is 1.30. The third kappa shape index (κ3) is 2.21. The van der Waals surface area contributed by atoms with E-state index in [1.807, 2.05) is 37.3 Å². The van der Waals surface area contributed by atoms with Crippen LogP contribution in [0.3, 0.4) is 0 Å². The fraction of sp³-hybridized carbons (Fsp3) is 0.333. The van der Waals surface area contributed by atoms with Crippen LogP contribution in [0.15, 0.2) is 30.3 Å². The lowest BCUT2D eigenvalue weighted by atomic mass is 10.1. The van der Waals surface area contributed by atoms with Gasteiger partial charge in [-0.15, -0.1) is 11.6 Å². The summed E-state index contributed by atoms with van der Waals surface area (Å²) in [6.45, 7) is 1.84. The molecule has 2 unspecified atom stereocenters. The number of halogens is 1. The fourth-order valence-electron chi connectivity index (χ4n) is 1.10. The van der Waals surface area contributed by atoms with Gasteiger partial charge >= 0.3 is 0 Å². The molecule has 0 bridgehead atoms. The molecule has 1 aromatic carbocycles. The van der Waals surface area contributed by atoms with Crippen molar-refractivity contribution in [2.45, 2.75) is 18.3 Å². The van der Waals surface area contributed by atoms with E-state index < -0.39 is 0 Å². The number of hydroxylamine groups is 1. The average molecular weight is 186 g/mol. The zero-order chi connectivity index (χ0) is 8.97. The predicted octanol–water partition coefficient (Wildman–Crippen LogP) is 2.33. The van der Waals surface area contributed by atoms with Crippen LogP contribution in [-0.2, 0) is 0 Å². The number of hydrogen-bond acceptors (Lipinski definition) is 2. The summed E-state index contributed by atoms with van der Waals surface area (Å²) in [5.41, 5.74) is 3.17. The van der Waals surface area contributed by atoms with E-state index in [0.717, 1.165) is 5.56 Å². The molecule has 0 heterocycles. The maximum absolute atomic E-state index is 8.82. The monoisotopic (exact) mass is 185 g/mol. The molecule has 0 aromatic heterocycles. The van der Waals surface area contributed by atoms with Crippen molar-refractivity contribution in [2.75, 3.05) is 0 Å². The molecule has 0 fully saturated rings. The first-order chi connectivity index (χ1) is 5.75. The molecule has 12 heavy (non-hydrogen) atoms. The second-order valence-electron chi connectivity index (χ2n) is 2.69. The molecule has 0 aliphatic carbocycles. The number of benzene rings is 1. The van der Waals surface area contributed by atoms with Crippen molar-refractivity contribution in [3.05, 3.63) is 35.9 Å². The summed E-state index contributed by atoms with van der Waals surface area (Å²) in [5, 5.41) is 8.67. The SMILES string of the molecule is CC(Cl)C(NO)c1ccccc1. The third-order valence-electron chi connectivity index (χ3n) is 1.76. The van der Waals surface area contributed by atoms with Gasteiger partial charge in [0.1, 0.15) is 0 Å². The van der Waals surface area contributed by atoms with Crippen LogP contribution in [0.5, 0.6) is 0 Å². The van der Waals surface area contributed by atoms with Gasteiger partial charge in [-0.3, -0.25) is 0 Å². The van der Waals surface area contributed by atoms with E-state index in [1.165, 1.54) is 0 Å². The van der Waals surface area contributed by atoms with Gasteiger partial charge in [0.15, 0.2) is 0 Å². The lowest BCUT2D eigenvalue weighted by Crippen LogP contribution is -2.24. The molecule has 1 aromatic rings. The van der Waals surface area contributed by atoms with Crippen LogP contribution in [0.2, 0.25) is 0 Å². The molecule has 0 amide bonds. The van der Waals surface area contributed by atoms with Crippen molar-refractivity contribution in [1.82, 2.24) is 5.48 Å². The Morgan fingerprint density at radius 1 is 1.33 bits per heavy atom. The van der Waals surface area contributed by atoms with Crippen LogP contribution in [0.1, 0.15) is 18.5 Å². The minimum Gasteiger partial charge on any atom is -0.316 e. The zero-order valence-electron chi connectivity index (χ0n) is 6.87. The Morgan fingerprint density at radius 2 is 1.92 bits per heavy atom. The topological polar surface area (TPSA) is 32.3 Å². The van der Waals surface area contributed by atoms with Crippen LogP contribution < -0.4 is 5.48 Å². The Labute approximate surface area is 77.1 Å². The quantitative estimate of drug-likeness (QED) is 0.560. The Hall–Kier alpha value is -0.570. The molecule has 0 radical (unpaired) electrons. The molecule has 66 valence electrons. The van der Waals surface area contributed by atoms with Gasteiger partial charge in [0.25, 0.3) is 0 Å². The summed E-state index contributed by atoms with van der Waals surface area (Å²) in [6, 6.07) is 9.40. The van der Waals surface area contributed by atoms with Crippen LogP contribution >= 0.6 is 11.6 Å². The summed E-state index contributed by atoms with van der Waals surface area (Å²) < 4.78 is 0. The van der Waals surface area contributed by atoms with Crippen molar-refractivity contribution >= 4 is 11.6 Å². The first-order valence-electron chi connectivity index (χ1n) is 3.84. The number of alkyl halides is 1. The molecular formula is C9H12ClNO. The van der Waals surface area contributed by atoms with Crippen LogP contribution in [0.4, 0.5) is 0 Å². The summed E-state index contributed by atoms with van der Waals surface area (Å²) in [7, 11) is 0. The Morgan fingerprint density at radius 3 is 2.33 bits per heavy atom. The molecule has 0 aliphatic rings. The van der Waals surface area contributed by atoms with Gasteiger partial charge < -0.3 is 5.21 Å². The van der Waals surface area contributed by atoms with Crippen LogP contribution in [0, 0.1) is 0 Å². The van der Waals surface area contributed by atoms with E-state index >= 15 is 0 Å². The normalized spacial score (nSPS) is 15.6. The third-order valence-corrected chi connectivity index (χ3v) is 2.01. The molecule has 0 saturated heterocycles. The van der Waals surface area contributed by atoms with E-state index in [-0.39, 0.29) is 11.4 Å². The summed E-state index contributed by atoms with van der Waals surface area (Å²) in [5.74, 6) is 0. The standard InChI is InChI=1S/C9H12ClNO/c1-7(10)9(11-12)8-5-3-2-4-6-8/h2-7,9,11-12H,1H3. The number of nitrogens with one attached hydrogen (secondary N) is 1. The number of hydrogen-bond donors (Lipinski definition) is 2. The van der Waals surface area contributed by atoms with Crippen molar-refractivity contribution < 1.29 is 5.21 Å². The van der Waals surface area contributed by atoms with Gasteiger partial charge in [0.2, 0.25) is 0 Å². The van der Waals surface area contributed by atoms with Gasteiger partial charge in [0.05, 0.1) is 11.4 Å². The van der Waals surface area contributed by atoms with E-state index in [2.05, 4.69) is 5.48 Å². The second kappa shape index (κ2) is 4.45. The predicted molar refractivity (Wildman–Crippen MR) is 49.4 cm³/mol. The van der Waals surface area contributed by atoms with Crippen LogP contribution in [-0.4, -0.2) is 10.6 Å². The van der Waals surface area contributed by atoms with Crippen molar-refractivity contribution in [3.63, 3.8) is 0 Å². The van der Waals surface area contributed by atoms with Gasteiger partial charge in [-0.2, -0.15) is 5.48 Å². The highest BCUT2D eigenvalue weighted by Gasteiger charge is 2.14. The maximum Gasteiger partial charge on any atom is 0.0729 e. The van der Waals surface area contributed by atoms with Crippen LogP contribution in [0.25, 0.3) is 0 Å². The summed E-state index contributed by atoms with van der Waals surface area (Å²) in [4.78, 5) is 0. The molecule has 3 heteroatoms. The van der Waals surface area contributed by atoms with E-state index in [4.69, 9.17) is 16.8 Å². The molecule has 2 nitrogen and oxygen atoms in total. The van der Waals surface area contributed by atoms with E-state index in [0.29, 0.717) is 0 Å². The largest absolute Gasteiger partial charge is 0.316 e. The molecule has 0 saturated carbocycles. The highest BCUT2D eigenvalue weighted by molar-refractivity contribution is 6.20. The first-order valence-corrected chi connectivity index (χ1v) is 4.28. The Bertz CT molecular complexity index is 225. The van der Waals surface area contributed by atoms with Gasteiger partial charge in [-0.25, -0.2) is 0 Å². The molecule has 1 rings (SSSR count). The molecule has 0 aliphatic heterocycles. The smallest absolute Gasteiger partial charge is 0.0729 e. The van der Waals surface area contributed by atoms with E-state index in [9.17, 15) is 0 Å². The maximum atomic E-state index is 8.82. The minimum atomic E-state index is -0.201. The lowest BCUT2D eigenvalue weighted by molar-refractivity contribution is 0.125. The summed E-state index contributed by atoms with van der Waals surface area (Å²) >= 11 is 5.86. The highest BCUT2D eigenvalue weighted by atomic mass is 35.5. The summed E-state index contributed by atoms with van der Waals surface area (Å²) in [6.07, 6.45) is 0. The Kier molecular flexibility index (Phi) is 3.53. The zero-order valence-corrected chi connectivity index (χ0v) is 7.62. The van der Waals surface area contributed by atoms with Crippen molar-refractivity contribution in [1.29, 1.82) is 0 Å². The highest BCUT2D eigenvalue weighted by Crippen LogP contribution is 2.19. The molecular weight excluding hydrogens is 174 g/mol. The molecule has 0 spiro atoms. The van der Waals surface area contributed by atoms with E-state index in [1.54, 1.807) is 0 Å². The average Bonchev–Trinajstić information content (AvgIpc) is 2.07. The Balaban J connectivity index is 2.80. The number of rotatable bonds is 3. The lowest BCUT2D eigenvalue weighted by Gasteiger charge is -2.17. The molecule has 2 N–H and O–H groups in total. The minimum absolute atomic E-state index is 0.141. The van der Waals surface area contributed by atoms with Gasteiger partial charge in [-0.1, -0.05) is 30.3 Å². The second-order valence-corrected chi connectivity index (χ2v) is 3.38. The van der Waals surface area contributed by atoms with Gasteiger partial charge in [-0.05, 0) is 12.5 Å². The van der Waals surface area contributed by atoms with Gasteiger partial charge in [0, 0.05) is 0 Å². The first kappa shape index (κ1) is 9.52.